The first-order valence-corrected chi connectivity index (χ1v) is 5.70. The quantitative estimate of drug-likeness (QED) is 0.635. The summed E-state index contributed by atoms with van der Waals surface area (Å²) in [5.74, 6) is 0.814. The van der Waals surface area contributed by atoms with Crippen LogP contribution >= 0.6 is 0 Å². The van der Waals surface area contributed by atoms with Gasteiger partial charge in [0.1, 0.15) is 0 Å². The van der Waals surface area contributed by atoms with Crippen molar-refractivity contribution in [3.63, 3.8) is 0 Å². The molecule has 1 aliphatic heterocycles. The minimum absolute atomic E-state index is 0.558. The van der Waals surface area contributed by atoms with Crippen molar-refractivity contribution in [3.05, 3.63) is 0 Å². The molecule has 0 amide bonds. The lowest BCUT2D eigenvalue weighted by Gasteiger charge is -2.45. The number of hydrogen-bond acceptors (Lipinski definition) is 1. The predicted octanol–water partition coefficient (Wildman–Crippen LogP) is 3.15. The summed E-state index contributed by atoms with van der Waals surface area (Å²) in [6, 6.07) is 0.721. The smallest absolute Gasteiger partial charge is 0.00405 e. The SMILES string of the molecule is CC(C)N1CCC[C@@](C)(C(C)C)C1. The second-order valence-corrected chi connectivity index (χ2v) is 5.48. The van der Waals surface area contributed by atoms with E-state index in [1.54, 1.807) is 0 Å². The fourth-order valence-corrected chi connectivity index (χ4v) is 2.22. The van der Waals surface area contributed by atoms with Crippen LogP contribution < -0.4 is 0 Å². The van der Waals surface area contributed by atoms with E-state index in [1.807, 2.05) is 0 Å². The molecule has 0 aliphatic carbocycles. The zero-order chi connectivity index (χ0) is 10.1. The van der Waals surface area contributed by atoms with Crippen LogP contribution in [-0.2, 0) is 0 Å². The van der Waals surface area contributed by atoms with Gasteiger partial charge in [0, 0.05) is 12.6 Å². The average molecular weight is 183 g/mol. The molecule has 78 valence electrons. The molecule has 0 radical (unpaired) electrons. The molecule has 0 aromatic heterocycles. The maximum absolute atomic E-state index is 2.63. The summed E-state index contributed by atoms with van der Waals surface area (Å²) in [6.45, 7) is 14.4. The summed E-state index contributed by atoms with van der Waals surface area (Å²) in [5.41, 5.74) is 0.558. The van der Waals surface area contributed by atoms with E-state index < -0.39 is 0 Å². The van der Waals surface area contributed by atoms with Crippen LogP contribution in [-0.4, -0.2) is 24.0 Å². The van der Waals surface area contributed by atoms with Crippen molar-refractivity contribution < 1.29 is 0 Å². The van der Waals surface area contributed by atoms with E-state index in [9.17, 15) is 0 Å². The first-order valence-electron chi connectivity index (χ1n) is 5.70. The van der Waals surface area contributed by atoms with Gasteiger partial charge in [-0.3, -0.25) is 0 Å². The summed E-state index contributed by atoms with van der Waals surface area (Å²) in [6.07, 6.45) is 2.79. The van der Waals surface area contributed by atoms with E-state index >= 15 is 0 Å². The van der Waals surface area contributed by atoms with Crippen LogP contribution in [0, 0.1) is 11.3 Å². The molecule has 0 aromatic rings. The highest BCUT2D eigenvalue weighted by Crippen LogP contribution is 2.36. The third-order valence-corrected chi connectivity index (χ3v) is 3.88. The molecule has 0 bridgehead atoms. The normalized spacial score (nSPS) is 31.6. The summed E-state index contributed by atoms with van der Waals surface area (Å²) in [4.78, 5) is 2.63. The molecule has 0 saturated carbocycles. The van der Waals surface area contributed by atoms with Gasteiger partial charge in [0.05, 0.1) is 0 Å². The predicted molar refractivity (Wildman–Crippen MR) is 58.9 cm³/mol. The van der Waals surface area contributed by atoms with Crippen LogP contribution in [0.3, 0.4) is 0 Å². The molecule has 1 heteroatoms. The Hall–Kier alpha value is -0.0400. The number of piperidine rings is 1. The van der Waals surface area contributed by atoms with Gasteiger partial charge in [0.2, 0.25) is 0 Å². The third kappa shape index (κ3) is 2.46. The Morgan fingerprint density at radius 3 is 2.23 bits per heavy atom. The Labute approximate surface area is 83.5 Å². The van der Waals surface area contributed by atoms with E-state index in [0.29, 0.717) is 5.41 Å². The largest absolute Gasteiger partial charge is 0.300 e. The highest BCUT2D eigenvalue weighted by atomic mass is 15.2. The van der Waals surface area contributed by atoms with E-state index in [2.05, 4.69) is 39.5 Å². The Balaban J connectivity index is 2.60. The molecule has 1 saturated heterocycles. The highest BCUT2D eigenvalue weighted by Gasteiger charge is 2.34. The molecule has 1 fully saturated rings. The second-order valence-electron chi connectivity index (χ2n) is 5.48. The van der Waals surface area contributed by atoms with E-state index in [1.165, 1.54) is 25.9 Å². The molecule has 1 nitrogen and oxygen atoms in total. The molecule has 0 spiro atoms. The van der Waals surface area contributed by atoms with Crippen molar-refractivity contribution in [3.8, 4) is 0 Å². The monoisotopic (exact) mass is 183 g/mol. The van der Waals surface area contributed by atoms with Crippen LogP contribution in [0.4, 0.5) is 0 Å². The van der Waals surface area contributed by atoms with Gasteiger partial charge in [-0.25, -0.2) is 0 Å². The van der Waals surface area contributed by atoms with E-state index in [-0.39, 0.29) is 0 Å². The van der Waals surface area contributed by atoms with E-state index in [0.717, 1.165) is 12.0 Å². The average Bonchev–Trinajstić information content (AvgIpc) is 2.04. The fourth-order valence-electron chi connectivity index (χ4n) is 2.22. The Bertz CT molecular complexity index is 163. The van der Waals surface area contributed by atoms with Crippen molar-refractivity contribution in [1.82, 2.24) is 4.90 Å². The summed E-state index contributed by atoms with van der Waals surface area (Å²) in [7, 11) is 0. The van der Waals surface area contributed by atoms with Crippen LogP contribution in [0.5, 0.6) is 0 Å². The highest BCUT2D eigenvalue weighted by molar-refractivity contribution is 4.86. The van der Waals surface area contributed by atoms with E-state index in [4.69, 9.17) is 0 Å². The lowest BCUT2D eigenvalue weighted by Crippen LogP contribution is -2.47. The molecule has 1 aliphatic rings. The molecular weight excluding hydrogens is 158 g/mol. The van der Waals surface area contributed by atoms with Crippen molar-refractivity contribution in [2.24, 2.45) is 11.3 Å². The summed E-state index contributed by atoms with van der Waals surface area (Å²) < 4.78 is 0. The zero-order valence-electron chi connectivity index (χ0n) is 9.93. The zero-order valence-corrected chi connectivity index (χ0v) is 9.93. The molecule has 1 atom stereocenters. The van der Waals surface area contributed by atoms with Gasteiger partial charge in [-0.1, -0.05) is 20.8 Å². The molecular formula is C12H25N. The van der Waals surface area contributed by atoms with Crippen molar-refractivity contribution in [2.75, 3.05) is 13.1 Å². The van der Waals surface area contributed by atoms with Gasteiger partial charge in [0.25, 0.3) is 0 Å². The lowest BCUT2D eigenvalue weighted by molar-refractivity contribution is 0.0450. The molecule has 1 heterocycles. The Morgan fingerprint density at radius 1 is 1.15 bits per heavy atom. The summed E-state index contributed by atoms with van der Waals surface area (Å²) >= 11 is 0. The maximum atomic E-state index is 2.63. The van der Waals surface area contributed by atoms with Gasteiger partial charge in [-0.15, -0.1) is 0 Å². The Kier molecular flexibility index (Phi) is 3.39. The van der Waals surface area contributed by atoms with Crippen LogP contribution in [0.2, 0.25) is 0 Å². The first-order chi connectivity index (χ1) is 5.96. The summed E-state index contributed by atoms with van der Waals surface area (Å²) in [5, 5.41) is 0. The van der Waals surface area contributed by atoms with Crippen molar-refractivity contribution in [2.45, 2.75) is 53.5 Å². The molecule has 0 aromatic carbocycles. The number of likely N-dealkylation sites (tertiary alicyclic amines) is 1. The second kappa shape index (κ2) is 4.00. The number of nitrogens with zero attached hydrogens (tertiary/aromatic N) is 1. The fraction of sp³-hybridized carbons (Fsp3) is 1.00. The first kappa shape index (κ1) is 11.0. The van der Waals surface area contributed by atoms with Crippen molar-refractivity contribution in [1.29, 1.82) is 0 Å². The standard InChI is InChI=1S/C12H25N/c1-10(2)12(5)7-6-8-13(9-12)11(3)4/h10-11H,6-9H2,1-5H3/t12-/m1/s1. The topological polar surface area (TPSA) is 3.24 Å². The minimum Gasteiger partial charge on any atom is -0.300 e. The van der Waals surface area contributed by atoms with Gasteiger partial charge < -0.3 is 4.90 Å². The van der Waals surface area contributed by atoms with Crippen molar-refractivity contribution >= 4 is 0 Å². The van der Waals surface area contributed by atoms with Crippen LogP contribution in [0.25, 0.3) is 0 Å². The third-order valence-electron chi connectivity index (χ3n) is 3.88. The lowest BCUT2D eigenvalue weighted by atomic mass is 9.73. The molecule has 0 N–H and O–H groups in total. The van der Waals surface area contributed by atoms with Gasteiger partial charge >= 0.3 is 0 Å². The molecule has 1 rings (SSSR count). The minimum atomic E-state index is 0.558. The number of rotatable bonds is 2. The number of hydrogen-bond donors (Lipinski definition) is 0. The maximum Gasteiger partial charge on any atom is 0.00405 e. The molecule has 13 heavy (non-hydrogen) atoms. The van der Waals surface area contributed by atoms with Crippen LogP contribution in [0.1, 0.15) is 47.5 Å². The Morgan fingerprint density at radius 2 is 1.77 bits per heavy atom. The van der Waals surface area contributed by atoms with Crippen LogP contribution in [0.15, 0.2) is 0 Å². The molecule has 0 unspecified atom stereocenters. The van der Waals surface area contributed by atoms with Gasteiger partial charge in [-0.05, 0) is 44.6 Å². The van der Waals surface area contributed by atoms with Gasteiger partial charge in [-0.2, -0.15) is 0 Å². The van der Waals surface area contributed by atoms with Gasteiger partial charge in [0.15, 0.2) is 0 Å².